The average molecular weight is 400 g/mol. The highest BCUT2D eigenvalue weighted by Gasteiger charge is 2.40. The smallest absolute Gasteiger partial charge is 0.245 e. The summed E-state index contributed by atoms with van der Waals surface area (Å²) in [5.41, 5.74) is 0.147. The van der Waals surface area contributed by atoms with Crippen LogP contribution in [0.1, 0.15) is 53.2 Å². The van der Waals surface area contributed by atoms with Crippen LogP contribution >= 0.6 is 0 Å². The van der Waals surface area contributed by atoms with Crippen LogP contribution in [0.15, 0.2) is 10.6 Å². The Bertz CT molecular complexity index is 708. The molecule has 1 unspecified atom stereocenters. The second-order valence-electron chi connectivity index (χ2n) is 7.94. The molecule has 2 rings (SSSR count). The van der Waals surface area contributed by atoms with Gasteiger partial charge in [0.25, 0.3) is 0 Å². The lowest BCUT2D eigenvalue weighted by atomic mass is 9.89. The Morgan fingerprint density at radius 2 is 1.89 bits per heavy atom. The van der Waals surface area contributed by atoms with E-state index in [0.717, 1.165) is 0 Å². The molecule has 1 fully saturated rings. The van der Waals surface area contributed by atoms with E-state index in [1.54, 1.807) is 19.9 Å². The normalized spacial score (nSPS) is 17.4. The summed E-state index contributed by atoms with van der Waals surface area (Å²) >= 11 is 0. The first kappa shape index (κ1) is 21.6. The second kappa shape index (κ2) is 8.52. The van der Waals surface area contributed by atoms with E-state index in [2.05, 4.69) is 15.8 Å². The van der Waals surface area contributed by atoms with E-state index >= 15 is 0 Å². The summed E-state index contributed by atoms with van der Waals surface area (Å²) in [5, 5.41) is 9.38. The standard InChI is InChI=1S/C18H29N3O5S/c1-12(22)19-11-17(2,3)14-10-15(26-21-14)20-16(23)18(4,5)27(24)13-6-8-25-9-7-13/h10,13H,6-9,11H2,1-5H3,(H,19,22)(H,20,23). The predicted molar refractivity (Wildman–Crippen MR) is 103 cm³/mol. The number of hydrogen-bond donors (Lipinski definition) is 2. The van der Waals surface area contributed by atoms with Gasteiger partial charge in [0.1, 0.15) is 4.75 Å². The Morgan fingerprint density at radius 1 is 1.26 bits per heavy atom. The van der Waals surface area contributed by atoms with E-state index in [1.165, 1.54) is 6.92 Å². The molecule has 1 aromatic rings. The fourth-order valence-corrected chi connectivity index (χ4v) is 4.44. The number of nitrogens with zero attached hydrogens (tertiary/aromatic N) is 1. The van der Waals surface area contributed by atoms with Crippen molar-refractivity contribution in [2.75, 3.05) is 25.1 Å². The van der Waals surface area contributed by atoms with E-state index in [0.29, 0.717) is 38.3 Å². The summed E-state index contributed by atoms with van der Waals surface area (Å²) < 4.78 is 22.3. The van der Waals surface area contributed by atoms with Crippen LogP contribution in [-0.2, 0) is 30.5 Å². The van der Waals surface area contributed by atoms with Gasteiger partial charge in [-0.25, -0.2) is 0 Å². The van der Waals surface area contributed by atoms with Crippen LogP contribution in [0.5, 0.6) is 0 Å². The van der Waals surface area contributed by atoms with E-state index in [9.17, 15) is 13.8 Å². The van der Waals surface area contributed by atoms with Crippen LogP contribution in [0, 0.1) is 0 Å². The zero-order valence-electron chi connectivity index (χ0n) is 16.6. The van der Waals surface area contributed by atoms with Crippen molar-refractivity contribution in [3.63, 3.8) is 0 Å². The number of ether oxygens (including phenoxy) is 1. The number of amides is 2. The number of hydrogen-bond acceptors (Lipinski definition) is 6. The highest BCUT2D eigenvalue weighted by atomic mass is 32.2. The Kier molecular flexibility index (Phi) is 6.80. The van der Waals surface area contributed by atoms with Crippen LogP contribution < -0.4 is 10.6 Å². The highest BCUT2D eigenvalue weighted by molar-refractivity contribution is 7.87. The zero-order valence-corrected chi connectivity index (χ0v) is 17.4. The third kappa shape index (κ3) is 5.38. The van der Waals surface area contributed by atoms with Gasteiger partial charge >= 0.3 is 0 Å². The maximum Gasteiger partial charge on any atom is 0.245 e. The van der Waals surface area contributed by atoms with Crippen molar-refractivity contribution in [1.29, 1.82) is 0 Å². The van der Waals surface area contributed by atoms with Crippen LogP contribution in [-0.4, -0.2) is 50.9 Å². The molecule has 2 amide bonds. The Hall–Kier alpha value is -1.74. The number of nitrogens with one attached hydrogen (secondary N) is 2. The predicted octanol–water partition coefficient (Wildman–Crippen LogP) is 1.73. The molecule has 2 heterocycles. The van der Waals surface area contributed by atoms with Gasteiger partial charge in [0.05, 0.1) is 5.69 Å². The van der Waals surface area contributed by atoms with Crippen LogP contribution in [0.25, 0.3) is 0 Å². The largest absolute Gasteiger partial charge is 0.381 e. The number of carbonyl (C=O) groups excluding carboxylic acids is 2. The van der Waals surface area contributed by atoms with E-state index in [-0.39, 0.29) is 22.9 Å². The molecule has 1 aromatic heterocycles. The van der Waals surface area contributed by atoms with Crippen LogP contribution in [0.4, 0.5) is 5.88 Å². The van der Waals surface area contributed by atoms with Gasteiger partial charge in [-0.05, 0) is 26.7 Å². The second-order valence-corrected chi connectivity index (χ2v) is 10.2. The Balaban J connectivity index is 2.03. The molecule has 0 bridgehead atoms. The topological polar surface area (TPSA) is 111 Å². The molecule has 27 heavy (non-hydrogen) atoms. The third-order valence-electron chi connectivity index (χ3n) is 4.74. The van der Waals surface area contributed by atoms with Crippen molar-refractivity contribution in [3.05, 3.63) is 11.8 Å². The Morgan fingerprint density at radius 3 is 2.48 bits per heavy atom. The lowest BCUT2D eigenvalue weighted by molar-refractivity contribution is -0.119. The van der Waals surface area contributed by atoms with Crippen molar-refractivity contribution in [2.45, 2.75) is 62.9 Å². The SMILES string of the molecule is CC(=O)NCC(C)(C)c1cc(NC(=O)C(C)(C)S(=O)C2CCOCC2)on1. The molecule has 0 aliphatic carbocycles. The average Bonchev–Trinajstić information content (AvgIpc) is 3.09. The quantitative estimate of drug-likeness (QED) is 0.722. The minimum atomic E-state index is -1.34. The van der Waals surface area contributed by atoms with Gasteiger partial charge in [-0.3, -0.25) is 19.1 Å². The van der Waals surface area contributed by atoms with Gasteiger partial charge in [-0.15, -0.1) is 0 Å². The van der Waals surface area contributed by atoms with Gasteiger partial charge in [-0.1, -0.05) is 19.0 Å². The molecule has 0 radical (unpaired) electrons. The lowest BCUT2D eigenvalue weighted by Crippen LogP contribution is -2.46. The van der Waals surface area contributed by atoms with Gasteiger partial charge in [0.15, 0.2) is 0 Å². The van der Waals surface area contributed by atoms with E-state index < -0.39 is 21.0 Å². The Labute approximate surface area is 162 Å². The fraction of sp³-hybridized carbons (Fsp3) is 0.722. The lowest BCUT2D eigenvalue weighted by Gasteiger charge is -2.29. The van der Waals surface area contributed by atoms with E-state index in [1.807, 2.05) is 13.8 Å². The molecule has 0 spiro atoms. The van der Waals surface area contributed by atoms with Gasteiger partial charge in [0.2, 0.25) is 17.7 Å². The van der Waals surface area contributed by atoms with Crippen molar-refractivity contribution in [3.8, 4) is 0 Å². The van der Waals surface area contributed by atoms with Gasteiger partial charge in [0, 0.05) is 54.2 Å². The first-order valence-corrected chi connectivity index (χ1v) is 10.3. The maximum absolute atomic E-state index is 12.9. The molecule has 152 valence electrons. The third-order valence-corrected chi connectivity index (χ3v) is 7.01. The first-order valence-electron chi connectivity index (χ1n) is 9.05. The summed E-state index contributed by atoms with van der Waals surface area (Å²) in [6.45, 7) is 10.2. The van der Waals surface area contributed by atoms with Gasteiger partial charge < -0.3 is 14.6 Å². The van der Waals surface area contributed by atoms with E-state index in [4.69, 9.17) is 9.26 Å². The summed E-state index contributed by atoms with van der Waals surface area (Å²) in [6.07, 6.45) is 1.38. The summed E-state index contributed by atoms with van der Waals surface area (Å²) in [4.78, 5) is 23.8. The number of anilines is 1. The molecule has 9 heteroatoms. The molecule has 1 saturated heterocycles. The molecular formula is C18H29N3O5S. The first-order chi connectivity index (χ1) is 12.5. The summed E-state index contributed by atoms with van der Waals surface area (Å²) in [6, 6.07) is 1.63. The summed E-state index contributed by atoms with van der Waals surface area (Å²) in [7, 11) is -1.34. The molecule has 1 aliphatic rings. The van der Waals surface area contributed by atoms with Gasteiger partial charge in [-0.2, -0.15) is 0 Å². The molecule has 0 saturated carbocycles. The minimum Gasteiger partial charge on any atom is -0.381 e. The number of aromatic nitrogens is 1. The maximum atomic E-state index is 12.9. The van der Waals surface area contributed by atoms with Crippen molar-refractivity contribution >= 4 is 28.5 Å². The molecular weight excluding hydrogens is 370 g/mol. The monoisotopic (exact) mass is 399 g/mol. The minimum absolute atomic E-state index is 0.0543. The van der Waals surface area contributed by atoms with Crippen molar-refractivity contribution in [1.82, 2.24) is 10.5 Å². The number of carbonyl (C=O) groups is 2. The summed E-state index contributed by atoms with van der Waals surface area (Å²) in [5.74, 6) is -0.310. The van der Waals surface area contributed by atoms with Crippen molar-refractivity contribution in [2.24, 2.45) is 0 Å². The molecule has 1 atom stereocenters. The molecule has 2 N–H and O–H groups in total. The molecule has 1 aliphatic heterocycles. The van der Waals surface area contributed by atoms with Crippen molar-refractivity contribution < 1.29 is 23.1 Å². The van der Waals surface area contributed by atoms with Crippen LogP contribution in [0.2, 0.25) is 0 Å². The number of rotatable bonds is 7. The highest BCUT2D eigenvalue weighted by Crippen LogP contribution is 2.27. The zero-order chi connectivity index (χ0) is 20.2. The van der Waals surface area contributed by atoms with Crippen LogP contribution in [0.3, 0.4) is 0 Å². The molecule has 8 nitrogen and oxygen atoms in total. The molecule has 0 aromatic carbocycles. The fourth-order valence-electron chi connectivity index (χ4n) is 2.75.